The highest BCUT2D eigenvalue weighted by molar-refractivity contribution is 5.85. The lowest BCUT2D eigenvalue weighted by Gasteiger charge is -2.26. The van der Waals surface area contributed by atoms with Crippen LogP contribution in [0.2, 0.25) is 0 Å². The second kappa shape index (κ2) is 9.36. The molecule has 1 saturated heterocycles. The summed E-state index contributed by atoms with van der Waals surface area (Å²) in [4.78, 5) is 26.8. The zero-order valence-corrected chi connectivity index (χ0v) is 16.0. The van der Waals surface area contributed by atoms with E-state index in [2.05, 4.69) is 29.6 Å². The second-order valence-electron chi connectivity index (χ2n) is 7.30. The fourth-order valence-electron chi connectivity index (χ4n) is 3.53. The molecule has 2 aromatic rings. The summed E-state index contributed by atoms with van der Waals surface area (Å²) in [5.74, 6) is -0.0187. The van der Waals surface area contributed by atoms with Crippen LogP contribution in [-0.4, -0.2) is 29.8 Å². The molecule has 0 radical (unpaired) electrons. The maximum atomic E-state index is 12.8. The summed E-state index contributed by atoms with van der Waals surface area (Å²) in [6, 6.07) is 18.0. The Morgan fingerprint density at radius 3 is 2.37 bits per heavy atom. The maximum absolute atomic E-state index is 12.8. The van der Waals surface area contributed by atoms with Crippen molar-refractivity contribution in [1.82, 2.24) is 10.2 Å². The number of hydrogen-bond donors (Lipinski definition) is 1. The Labute approximate surface area is 161 Å². The Morgan fingerprint density at radius 2 is 1.63 bits per heavy atom. The molecule has 3 rings (SSSR count). The monoisotopic (exact) mass is 364 g/mol. The highest BCUT2D eigenvalue weighted by Crippen LogP contribution is 2.22. The van der Waals surface area contributed by atoms with Crippen LogP contribution in [0.3, 0.4) is 0 Å². The number of nitrogens with one attached hydrogen (secondary N) is 1. The molecule has 1 N–H and O–H groups in total. The van der Waals surface area contributed by atoms with Gasteiger partial charge in [-0.05, 0) is 30.9 Å². The third kappa shape index (κ3) is 5.43. The number of carbonyl (C=O) groups excluding carboxylic acids is 2. The summed E-state index contributed by atoms with van der Waals surface area (Å²) in [5.41, 5.74) is 3.26. The summed E-state index contributed by atoms with van der Waals surface area (Å²) < 4.78 is 0. The average molecular weight is 364 g/mol. The van der Waals surface area contributed by atoms with E-state index < -0.39 is 0 Å². The van der Waals surface area contributed by atoms with Crippen molar-refractivity contribution in [3.05, 3.63) is 71.3 Å². The van der Waals surface area contributed by atoms with Gasteiger partial charge in [-0.25, -0.2) is 0 Å². The van der Waals surface area contributed by atoms with Crippen LogP contribution >= 0.6 is 0 Å². The Morgan fingerprint density at radius 1 is 0.963 bits per heavy atom. The molecule has 0 saturated carbocycles. The van der Waals surface area contributed by atoms with Gasteiger partial charge in [-0.15, -0.1) is 0 Å². The van der Waals surface area contributed by atoms with Crippen LogP contribution in [0.4, 0.5) is 0 Å². The molecular weight excluding hydrogens is 336 g/mol. The number of amides is 2. The van der Waals surface area contributed by atoms with Crippen LogP contribution < -0.4 is 5.32 Å². The van der Waals surface area contributed by atoms with Gasteiger partial charge in [-0.1, -0.05) is 73.0 Å². The predicted molar refractivity (Wildman–Crippen MR) is 107 cm³/mol. The highest BCUT2D eigenvalue weighted by atomic mass is 16.2. The Balaban J connectivity index is 1.74. The van der Waals surface area contributed by atoms with Crippen molar-refractivity contribution < 1.29 is 9.59 Å². The fourth-order valence-corrected chi connectivity index (χ4v) is 3.53. The van der Waals surface area contributed by atoms with Crippen molar-refractivity contribution in [3.63, 3.8) is 0 Å². The van der Waals surface area contributed by atoms with Gasteiger partial charge in [-0.2, -0.15) is 0 Å². The predicted octanol–water partition coefficient (Wildman–Crippen LogP) is 3.99. The van der Waals surface area contributed by atoms with E-state index in [0.29, 0.717) is 13.0 Å². The molecule has 1 unspecified atom stereocenters. The molecule has 142 valence electrons. The number of nitrogens with zero attached hydrogens (tertiary/aromatic N) is 1. The minimum Gasteiger partial charge on any atom is -0.344 e. The molecule has 0 bridgehead atoms. The zero-order chi connectivity index (χ0) is 19.1. The molecule has 1 aliphatic rings. The van der Waals surface area contributed by atoms with Crippen LogP contribution in [0.15, 0.2) is 54.6 Å². The van der Waals surface area contributed by atoms with Gasteiger partial charge in [0.15, 0.2) is 0 Å². The lowest BCUT2D eigenvalue weighted by molar-refractivity contribution is -0.136. The molecule has 1 atom stereocenters. The zero-order valence-electron chi connectivity index (χ0n) is 16.0. The molecule has 0 aromatic heterocycles. The summed E-state index contributed by atoms with van der Waals surface area (Å²) in [5, 5.41) is 3.14. The Kier molecular flexibility index (Phi) is 6.64. The minimum absolute atomic E-state index is 0.0939. The number of hydrogen-bond acceptors (Lipinski definition) is 2. The first kappa shape index (κ1) is 19.2. The van der Waals surface area contributed by atoms with E-state index in [9.17, 15) is 9.59 Å². The van der Waals surface area contributed by atoms with Crippen molar-refractivity contribution in [2.45, 2.75) is 45.1 Å². The molecule has 1 heterocycles. The molecule has 4 heteroatoms. The largest absolute Gasteiger partial charge is 0.344 e. The van der Waals surface area contributed by atoms with E-state index in [1.807, 2.05) is 37.3 Å². The summed E-state index contributed by atoms with van der Waals surface area (Å²) in [6.45, 7) is 2.86. The van der Waals surface area contributed by atoms with Crippen LogP contribution in [-0.2, 0) is 9.59 Å². The first-order valence-electron chi connectivity index (χ1n) is 9.82. The van der Waals surface area contributed by atoms with Crippen molar-refractivity contribution in [1.29, 1.82) is 0 Å². The molecular formula is C23H28N2O2. The van der Waals surface area contributed by atoms with Crippen molar-refractivity contribution in [2.75, 3.05) is 13.1 Å². The standard InChI is InChI=1S/C23H28N2O2/c1-18-12-14-20(15-13-18)23(19-9-5-4-6-10-19)24-21(26)17-25-16-8-3-2-7-11-22(25)27/h4-6,9-10,12-15,23H,2-3,7-8,11,16-17H2,1H3,(H,24,26). The molecule has 1 fully saturated rings. The van der Waals surface area contributed by atoms with E-state index >= 15 is 0 Å². The molecule has 2 amide bonds. The third-order valence-corrected chi connectivity index (χ3v) is 5.10. The summed E-state index contributed by atoms with van der Waals surface area (Å²) in [6.07, 6.45) is 4.68. The molecule has 0 spiro atoms. The van der Waals surface area contributed by atoms with Crippen LogP contribution in [0, 0.1) is 6.92 Å². The first-order valence-corrected chi connectivity index (χ1v) is 9.82. The minimum atomic E-state index is -0.218. The smallest absolute Gasteiger partial charge is 0.240 e. The van der Waals surface area contributed by atoms with E-state index in [-0.39, 0.29) is 24.4 Å². The molecule has 1 aliphatic heterocycles. The highest BCUT2D eigenvalue weighted by Gasteiger charge is 2.21. The van der Waals surface area contributed by atoms with Gasteiger partial charge in [0.1, 0.15) is 0 Å². The number of rotatable bonds is 5. The first-order chi connectivity index (χ1) is 13.1. The Hall–Kier alpha value is -2.62. The molecule has 0 aliphatic carbocycles. The third-order valence-electron chi connectivity index (χ3n) is 5.10. The van der Waals surface area contributed by atoms with Gasteiger partial charge in [0, 0.05) is 13.0 Å². The van der Waals surface area contributed by atoms with E-state index in [0.717, 1.165) is 36.8 Å². The topological polar surface area (TPSA) is 49.4 Å². The molecule has 2 aromatic carbocycles. The quantitative estimate of drug-likeness (QED) is 0.872. The van der Waals surface area contributed by atoms with Crippen molar-refractivity contribution in [3.8, 4) is 0 Å². The average Bonchev–Trinajstić information content (AvgIpc) is 2.67. The fraction of sp³-hybridized carbons (Fsp3) is 0.391. The molecule has 4 nitrogen and oxygen atoms in total. The second-order valence-corrected chi connectivity index (χ2v) is 7.30. The van der Waals surface area contributed by atoms with Gasteiger partial charge >= 0.3 is 0 Å². The number of carbonyl (C=O) groups is 2. The van der Waals surface area contributed by atoms with Gasteiger partial charge in [0.05, 0.1) is 12.6 Å². The Bertz CT molecular complexity index is 756. The lowest BCUT2D eigenvalue weighted by atomic mass is 9.97. The van der Waals surface area contributed by atoms with Crippen LogP contribution in [0.25, 0.3) is 0 Å². The van der Waals surface area contributed by atoms with E-state index in [1.54, 1.807) is 4.90 Å². The van der Waals surface area contributed by atoms with Gasteiger partial charge in [-0.3, -0.25) is 9.59 Å². The van der Waals surface area contributed by atoms with Crippen molar-refractivity contribution in [2.24, 2.45) is 0 Å². The van der Waals surface area contributed by atoms with E-state index in [1.165, 1.54) is 5.56 Å². The number of likely N-dealkylation sites (tertiary alicyclic amines) is 1. The maximum Gasteiger partial charge on any atom is 0.240 e. The van der Waals surface area contributed by atoms with E-state index in [4.69, 9.17) is 0 Å². The van der Waals surface area contributed by atoms with Crippen LogP contribution in [0.1, 0.15) is 54.8 Å². The normalized spacial score (nSPS) is 16.3. The number of aryl methyl sites for hydroxylation is 1. The van der Waals surface area contributed by atoms with Gasteiger partial charge < -0.3 is 10.2 Å². The number of benzene rings is 2. The van der Waals surface area contributed by atoms with Gasteiger partial charge in [0.2, 0.25) is 11.8 Å². The van der Waals surface area contributed by atoms with Crippen LogP contribution in [0.5, 0.6) is 0 Å². The molecule has 27 heavy (non-hydrogen) atoms. The summed E-state index contributed by atoms with van der Waals surface area (Å²) >= 11 is 0. The lowest BCUT2D eigenvalue weighted by Crippen LogP contribution is -2.42. The SMILES string of the molecule is Cc1ccc(C(NC(=O)CN2CCCCCCC2=O)c2ccccc2)cc1. The van der Waals surface area contributed by atoms with Crippen molar-refractivity contribution >= 4 is 11.8 Å². The summed E-state index contributed by atoms with van der Waals surface area (Å²) in [7, 11) is 0. The van der Waals surface area contributed by atoms with Gasteiger partial charge in [0.25, 0.3) is 0 Å².